The van der Waals surface area contributed by atoms with Crippen molar-refractivity contribution < 1.29 is 23.0 Å². The number of halogens is 2. The predicted molar refractivity (Wildman–Crippen MR) is 140 cm³/mol. The van der Waals surface area contributed by atoms with Crippen molar-refractivity contribution >= 4 is 33.3 Å². The average Bonchev–Trinajstić information content (AvgIpc) is 3.27. The Morgan fingerprint density at radius 1 is 1.24 bits per heavy atom. The van der Waals surface area contributed by atoms with E-state index >= 15 is 0 Å². The summed E-state index contributed by atoms with van der Waals surface area (Å²) in [6, 6.07) is 5.60. The first-order valence-corrected chi connectivity index (χ1v) is 13.5. The van der Waals surface area contributed by atoms with Crippen molar-refractivity contribution in [3.05, 3.63) is 41.2 Å². The van der Waals surface area contributed by atoms with Crippen LogP contribution in [0.2, 0.25) is 0 Å². The van der Waals surface area contributed by atoms with Crippen LogP contribution in [0, 0.1) is 6.92 Å². The molecule has 0 N–H and O–H groups in total. The Bertz CT molecular complexity index is 1540. The minimum absolute atomic E-state index is 0.0310. The molecule has 1 atom stereocenters. The Morgan fingerprint density at radius 2 is 2.03 bits per heavy atom. The fourth-order valence-corrected chi connectivity index (χ4v) is 6.52. The summed E-state index contributed by atoms with van der Waals surface area (Å²) in [6.45, 7) is 5.16. The topological polar surface area (TPSA) is 81.9 Å². The van der Waals surface area contributed by atoms with Crippen molar-refractivity contribution in [1.29, 1.82) is 0 Å². The molecule has 1 aliphatic carbocycles. The zero-order valence-electron chi connectivity index (χ0n) is 21.7. The second-order valence-electron chi connectivity index (χ2n) is 11.2. The Kier molecular flexibility index (Phi) is 5.82. The van der Waals surface area contributed by atoms with Crippen LogP contribution in [0.4, 0.5) is 13.6 Å². The van der Waals surface area contributed by atoms with Gasteiger partial charge in [0, 0.05) is 34.8 Å². The van der Waals surface area contributed by atoms with Crippen LogP contribution in [0.15, 0.2) is 30.6 Å². The van der Waals surface area contributed by atoms with Gasteiger partial charge in [0.2, 0.25) is 0 Å². The minimum atomic E-state index is -2.97. The van der Waals surface area contributed by atoms with Gasteiger partial charge in [0.15, 0.2) is 11.4 Å². The second-order valence-corrected chi connectivity index (χ2v) is 12.3. The van der Waals surface area contributed by atoms with Crippen molar-refractivity contribution in [3.63, 3.8) is 0 Å². The molecule has 4 aromatic rings. The standard InChI is InChI=1S/C27H29F2N5O3S/c1-15-14-34-23(31-15)20(36-24(28)29)10-18(32-34)17-9-22-19(30-13-17)11-21(38-22)16-5-8-33(27(12-16)6-7-27)25(35)37-26(2,3)4/h9-11,13-14,16,24H,5-8,12H2,1-4H3/t16-/m0/s1. The largest absolute Gasteiger partial charge is 0.444 e. The SMILES string of the molecule is Cc1cn2nc(-c3cnc4cc([C@H]5CCN(C(=O)OC(C)(C)C)C6(CC6)C5)sc4c3)cc(OC(F)F)c2n1. The Labute approximate surface area is 222 Å². The normalized spacial score (nSPS) is 19.0. The van der Waals surface area contributed by atoms with E-state index in [1.165, 1.54) is 15.5 Å². The number of pyridine rings is 1. The van der Waals surface area contributed by atoms with E-state index in [0.717, 1.165) is 35.9 Å². The number of likely N-dealkylation sites (tertiary alicyclic amines) is 1. The Morgan fingerprint density at radius 3 is 2.74 bits per heavy atom. The predicted octanol–water partition coefficient (Wildman–Crippen LogP) is 6.56. The first-order chi connectivity index (χ1) is 18.0. The number of fused-ring (bicyclic) bond motifs is 2. The summed E-state index contributed by atoms with van der Waals surface area (Å²) in [6.07, 6.45) is 6.94. The van der Waals surface area contributed by atoms with Crippen LogP contribution in [0.3, 0.4) is 0 Å². The molecule has 1 saturated carbocycles. The van der Waals surface area contributed by atoms with Gasteiger partial charge in [0.1, 0.15) is 5.60 Å². The van der Waals surface area contributed by atoms with E-state index in [1.54, 1.807) is 30.7 Å². The van der Waals surface area contributed by atoms with Crippen molar-refractivity contribution in [2.45, 2.75) is 77.0 Å². The minimum Gasteiger partial charge on any atom is -0.444 e. The van der Waals surface area contributed by atoms with Crippen molar-refractivity contribution in [3.8, 4) is 17.0 Å². The molecule has 1 spiro atoms. The molecule has 0 aromatic carbocycles. The molecule has 200 valence electrons. The zero-order valence-corrected chi connectivity index (χ0v) is 22.5. The number of hydrogen-bond donors (Lipinski definition) is 0. The van der Waals surface area contributed by atoms with Gasteiger partial charge in [-0.15, -0.1) is 11.3 Å². The van der Waals surface area contributed by atoms with Crippen LogP contribution in [0.25, 0.3) is 27.1 Å². The first kappa shape index (κ1) is 25.0. The molecule has 0 unspecified atom stereocenters. The van der Waals surface area contributed by atoms with Gasteiger partial charge in [-0.3, -0.25) is 4.98 Å². The molecule has 6 rings (SSSR count). The molecule has 2 fully saturated rings. The monoisotopic (exact) mass is 541 g/mol. The van der Waals surface area contributed by atoms with Crippen LogP contribution < -0.4 is 4.74 Å². The highest BCUT2D eigenvalue weighted by atomic mass is 32.1. The van der Waals surface area contributed by atoms with Gasteiger partial charge >= 0.3 is 12.7 Å². The highest BCUT2D eigenvalue weighted by Crippen LogP contribution is 2.53. The quantitative estimate of drug-likeness (QED) is 0.291. The fraction of sp³-hybridized carbons (Fsp3) is 0.481. The van der Waals surface area contributed by atoms with Crippen molar-refractivity contribution in [2.24, 2.45) is 0 Å². The number of aryl methyl sites for hydroxylation is 1. The van der Waals surface area contributed by atoms with Crippen LogP contribution in [-0.2, 0) is 4.74 Å². The Balaban J connectivity index is 1.27. The van der Waals surface area contributed by atoms with Crippen LogP contribution in [-0.4, -0.2) is 54.9 Å². The molecule has 5 heterocycles. The van der Waals surface area contributed by atoms with Crippen LogP contribution in [0.1, 0.15) is 62.9 Å². The maximum Gasteiger partial charge on any atom is 0.410 e. The number of thiophene rings is 1. The smallest absolute Gasteiger partial charge is 0.410 e. The number of aromatic nitrogens is 4. The lowest BCUT2D eigenvalue weighted by atomic mass is 9.88. The van der Waals surface area contributed by atoms with Gasteiger partial charge in [0.25, 0.3) is 0 Å². The summed E-state index contributed by atoms with van der Waals surface area (Å²) < 4.78 is 39.0. The molecule has 0 radical (unpaired) electrons. The molecule has 1 aliphatic heterocycles. The first-order valence-electron chi connectivity index (χ1n) is 12.7. The summed E-state index contributed by atoms with van der Waals surface area (Å²) in [7, 11) is 0. The third kappa shape index (κ3) is 4.68. The second kappa shape index (κ2) is 8.86. The molecule has 8 nitrogen and oxygen atoms in total. The van der Waals surface area contributed by atoms with E-state index in [9.17, 15) is 13.6 Å². The molecule has 11 heteroatoms. The number of alkyl halides is 2. The molecule has 4 aromatic heterocycles. The van der Waals surface area contributed by atoms with Gasteiger partial charge in [-0.1, -0.05) is 0 Å². The lowest BCUT2D eigenvalue weighted by Gasteiger charge is -2.40. The number of hydrogen-bond acceptors (Lipinski definition) is 7. The van der Waals surface area contributed by atoms with E-state index in [1.807, 2.05) is 31.7 Å². The van der Waals surface area contributed by atoms with Crippen LogP contribution >= 0.6 is 11.3 Å². The number of carbonyl (C=O) groups excluding carboxylic acids is 1. The lowest BCUT2D eigenvalue weighted by molar-refractivity contribution is -0.0492. The summed E-state index contributed by atoms with van der Waals surface area (Å²) in [4.78, 5) is 24.9. The third-order valence-electron chi connectivity index (χ3n) is 7.16. The van der Waals surface area contributed by atoms with Gasteiger partial charge in [-0.2, -0.15) is 13.9 Å². The maximum atomic E-state index is 13.1. The molecular weight excluding hydrogens is 512 g/mol. The van der Waals surface area contributed by atoms with Gasteiger partial charge < -0.3 is 14.4 Å². The van der Waals surface area contributed by atoms with E-state index < -0.39 is 12.2 Å². The number of nitrogens with zero attached hydrogens (tertiary/aromatic N) is 5. The van der Waals surface area contributed by atoms with Crippen molar-refractivity contribution in [1.82, 2.24) is 24.5 Å². The molecule has 1 saturated heterocycles. The van der Waals surface area contributed by atoms with Crippen LogP contribution in [0.5, 0.6) is 5.75 Å². The molecular formula is C27H29F2N5O3S. The van der Waals surface area contributed by atoms with Crippen molar-refractivity contribution in [2.75, 3.05) is 6.54 Å². The molecule has 38 heavy (non-hydrogen) atoms. The highest BCUT2D eigenvalue weighted by Gasteiger charge is 2.54. The van der Waals surface area contributed by atoms with E-state index in [2.05, 4.69) is 21.1 Å². The molecule has 1 amide bonds. The summed E-state index contributed by atoms with van der Waals surface area (Å²) in [5, 5.41) is 4.56. The number of ether oxygens (including phenoxy) is 2. The molecule has 0 bridgehead atoms. The number of carbonyl (C=O) groups is 1. The summed E-state index contributed by atoms with van der Waals surface area (Å²) in [5.41, 5.74) is 2.33. The van der Waals surface area contributed by atoms with Gasteiger partial charge in [-0.25, -0.2) is 14.3 Å². The average molecular weight is 542 g/mol. The number of rotatable bonds is 4. The number of piperidine rings is 1. The zero-order chi connectivity index (χ0) is 26.8. The lowest BCUT2D eigenvalue weighted by Crippen LogP contribution is -2.49. The van der Waals surface area contributed by atoms with E-state index in [0.29, 0.717) is 29.4 Å². The number of amides is 1. The highest BCUT2D eigenvalue weighted by molar-refractivity contribution is 7.19. The fourth-order valence-electron chi connectivity index (χ4n) is 5.32. The Hall–Kier alpha value is -3.34. The van der Waals surface area contributed by atoms with E-state index in [4.69, 9.17) is 9.47 Å². The third-order valence-corrected chi connectivity index (χ3v) is 8.39. The maximum absolute atomic E-state index is 13.1. The van der Waals surface area contributed by atoms with E-state index in [-0.39, 0.29) is 23.0 Å². The molecule has 2 aliphatic rings. The summed E-state index contributed by atoms with van der Waals surface area (Å²) in [5.74, 6) is 0.310. The summed E-state index contributed by atoms with van der Waals surface area (Å²) >= 11 is 1.69. The number of imidazole rings is 1. The van der Waals surface area contributed by atoms with Gasteiger partial charge in [0.05, 0.1) is 27.8 Å². The van der Waals surface area contributed by atoms with Gasteiger partial charge in [-0.05, 0) is 71.4 Å².